The number of carbonyl (C=O) groups excluding carboxylic acids is 1. The molecule has 0 heterocycles. The zero-order valence-corrected chi connectivity index (χ0v) is 10.7. The van der Waals surface area contributed by atoms with Gasteiger partial charge in [-0.2, -0.15) is 13.2 Å². The molecule has 0 bridgehead atoms. The van der Waals surface area contributed by atoms with Crippen molar-refractivity contribution in [1.82, 2.24) is 0 Å². The second kappa shape index (κ2) is 5.04. The molecule has 0 atom stereocenters. The summed E-state index contributed by atoms with van der Waals surface area (Å²) in [5.41, 5.74) is -0.701. The fraction of sp³-hybridized carbons (Fsp3) is 0.250. The van der Waals surface area contributed by atoms with Crippen molar-refractivity contribution < 1.29 is 18.0 Å². The zero-order chi connectivity index (χ0) is 13.2. The first-order valence-corrected chi connectivity index (χ1v) is 5.55. The number of benzene rings is 1. The van der Waals surface area contributed by atoms with Crippen LogP contribution >= 0.6 is 15.9 Å². The van der Waals surface area contributed by atoms with Gasteiger partial charge < -0.3 is 0 Å². The lowest BCUT2D eigenvalue weighted by molar-refractivity contribution is -0.138. The van der Waals surface area contributed by atoms with Crippen LogP contribution in [-0.4, -0.2) is 5.78 Å². The Kier molecular flexibility index (Phi) is 4.14. The predicted octanol–water partition coefficient (Wildman–Crippen LogP) is 4.62. The molecule has 1 rings (SSSR count). The van der Waals surface area contributed by atoms with Crippen molar-refractivity contribution in [3.05, 3.63) is 46.0 Å². The lowest BCUT2D eigenvalue weighted by Crippen LogP contribution is -2.13. The molecular weight excluding hydrogens is 297 g/mol. The monoisotopic (exact) mass is 306 g/mol. The maximum atomic E-state index is 12.7. The van der Waals surface area contributed by atoms with E-state index < -0.39 is 17.5 Å². The third-order valence-corrected chi connectivity index (χ3v) is 2.54. The van der Waals surface area contributed by atoms with Gasteiger partial charge in [0.15, 0.2) is 5.78 Å². The fourth-order valence-corrected chi connectivity index (χ4v) is 1.72. The maximum Gasteiger partial charge on any atom is 0.417 e. The average molecular weight is 307 g/mol. The Morgan fingerprint density at radius 1 is 1.41 bits per heavy atom. The van der Waals surface area contributed by atoms with Crippen molar-refractivity contribution in [3.63, 3.8) is 0 Å². The quantitative estimate of drug-likeness (QED) is 0.588. The van der Waals surface area contributed by atoms with Gasteiger partial charge in [-0.15, -0.1) is 0 Å². The molecule has 92 valence electrons. The van der Waals surface area contributed by atoms with Gasteiger partial charge in [0.25, 0.3) is 0 Å². The second-order valence-electron chi connectivity index (χ2n) is 3.74. The largest absolute Gasteiger partial charge is 0.417 e. The highest BCUT2D eigenvalue weighted by atomic mass is 79.9. The number of ketones is 1. The molecule has 0 aliphatic heterocycles. The Morgan fingerprint density at radius 3 is 2.47 bits per heavy atom. The minimum absolute atomic E-state index is 0.0787. The van der Waals surface area contributed by atoms with Crippen molar-refractivity contribution >= 4 is 21.7 Å². The molecule has 0 fully saturated rings. The molecule has 1 nitrogen and oxygen atoms in total. The topological polar surface area (TPSA) is 17.1 Å². The van der Waals surface area contributed by atoms with Gasteiger partial charge in [0.2, 0.25) is 0 Å². The van der Waals surface area contributed by atoms with Crippen LogP contribution in [-0.2, 0) is 6.18 Å². The van der Waals surface area contributed by atoms with Gasteiger partial charge in [-0.3, -0.25) is 4.79 Å². The van der Waals surface area contributed by atoms with Gasteiger partial charge in [-0.05, 0) is 25.1 Å². The summed E-state index contributed by atoms with van der Waals surface area (Å²) >= 11 is 2.96. The lowest BCUT2D eigenvalue weighted by Gasteiger charge is -2.12. The van der Waals surface area contributed by atoms with Crippen molar-refractivity contribution in [2.45, 2.75) is 19.5 Å². The number of halogens is 4. The summed E-state index contributed by atoms with van der Waals surface area (Å²) in [5, 5.41) is 0. The number of alkyl halides is 3. The van der Waals surface area contributed by atoms with E-state index in [1.54, 1.807) is 6.92 Å². The SMILES string of the molecule is C=C(C)CC(=O)c1ccc(Br)cc1C(F)(F)F. The average Bonchev–Trinajstić information content (AvgIpc) is 2.14. The molecule has 0 spiro atoms. The minimum atomic E-state index is -4.54. The normalized spacial score (nSPS) is 11.4. The molecule has 0 radical (unpaired) electrons. The van der Waals surface area contributed by atoms with Crippen LogP contribution in [0.3, 0.4) is 0 Å². The third kappa shape index (κ3) is 3.70. The van der Waals surface area contributed by atoms with Crippen molar-refractivity contribution in [1.29, 1.82) is 0 Å². The van der Waals surface area contributed by atoms with Crippen molar-refractivity contribution in [2.24, 2.45) is 0 Å². The fourth-order valence-electron chi connectivity index (χ4n) is 1.36. The summed E-state index contributed by atoms with van der Waals surface area (Å²) < 4.78 is 38.5. The van der Waals surface area contributed by atoms with Crippen molar-refractivity contribution in [2.75, 3.05) is 0 Å². The van der Waals surface area contributed by atoms with E-state index in [0.717, 1.165) is 6.07 Å². The van der Waals surface area contributed by atoms with E-state index >= 15 is 0 Å². The predicted molar refractivity (Wildman–Crippen MR) is 62.9 cm³/mol. The molecule has 0 aliphatic rings. The summed E-state index contributed by atoms with van der Waals surface area (Å²) in [5.74, 6) is -0.572. The molecule has 0 saturated carbocycles. The van der Waals surface area contributed by atoms with E-state index in [0.29, 0.717) is 5.57 Å². The van der Waals surface area contributed by atoms with Gasteiger partial charge in [-0.25, -0.2) is 0 Å². The van der Waals surface area contributed by atoms with Crippen LogP contribution in [0.5, 0.6) is 0 Å². The Labute approximate surface area is 105 Å². The molecule has 17 heavy (non-hydrogen) atoms. The Balaban J connectivity index is 3.24. The van der Waals surface area contributed by atoms with Gasteiger partial charge in [0.05, 0.1) is 5.56 Å². The molecule has 0 N–H and O–H groups in total. The summed E-state index contributed by atoms with van der Waals surface area (Å²) in [6.45, 7) is 5.12. The lowest BCUT2D eigenvalue weighted by atomic mass is 9.99. The molecule has 0 aromatic heterocycles. The Hall–Kier alpha value is -1.10. The van der Waals surface area contributed by atoms with Crippen LogP contribution in [0.25, 0.3) is 0 Å². The number of hydrogen-bond acceptors (Lipinski definition) is 1. The van der Waals surface area contributed by atoms with Crippen LogP contribution in [0, 0.1) is 0 Å². The summed E-state index contributed by atoms with van der Waals surface area (Å²) in [6.07, 6.45) is -4.62. The van der Waals surface area contributed by atoms with E-state index in [2.05, 4.69) is 22.5 Å². The highest BCUT2D eigenvalue weighted by Crippen LogP contribution is 2.34. The smallest absolute Gasteiger partial charge is 0.294 e. The third-order valence-electron chi connectivity index (χ3n) is 2.05. The molecule has 5 heteroatoms. The summed E-state index contributed by atoms with van der Waals surface area (Å²) in [4.78, 5) is 11.7. The number of carbonyl (C=O) groups is 1. The van der Waals surface area contributed by atoms with E-state index in [4.69, 9.17) is 0 Å². The van der Waals surface area contributed by atoms with E-state index in [9.17, 15) is 18.0 Å². The van der Waals surface area contributed by atoms with Gasteiger partial charge in [-0.1, -0.05) is 28.1 Å². The van der Waals surface area contributed by atoms with Gasteiger partial charge in [0.1, 0.15) is 0 Å². The molecule has 1 aromatic rings. The van der Waals surface area contributed by atoms with E-state index in [1.165, 1.54) is 12.1 Å². The Bertz CT molecular complexity index is 463. The van der Waals surface area contributed by atoms with Gasteiger partial charge >= 0.3 is 6.18 Å². The van der Waals surface area contributed by atoms with Crippen LogP contribution in [0.15, 0.2) is 34.8 Å². The minimum Gasteiger partial charge on any atom is -0.294 e. The zero-order valence-electron chi connectivity index (χ0n) is 9.07. The molecule has 0 aliphatic carbocycles. The van der Waals surface area contributed by atoms with Crippen molar-refractivity contribution in [3.8, 4) is 0 Å². The molecule has 0 saturated heterocycles. The first-order chi connectivity index (χ1) is 7.71. The first-order valence-electron chi connectivity index (χ1n) is 4.76. The van der Waals surface area contributed by atoms with Crippen LogP contribution in [0.2, 0.25) is 0 Å². The Morgan fingerprint density at radius 2 is 2.00 bits per heavy atom. The van der Waals surface area contributed by atoms with Crippen LogP contribution < -0.4 is 0 Å². The summed E-state index contributed by atoms with van der Waals surface area (Å²) in [7, 11) is 0. The number of hydrogen-bond donors (Lipinski definition) is 0. The highest BCUT2D eigenvalue weighted by Gasteiger charge is 2.35. The van der Waals surface area contributed by atoms with Gasteiger partial charge in [0, 0.05) is 16.5 Å². The van der Waals surface area contributed by atoms with E-state index in [-0.39, 0.29) is 16.5 Å². The molecular formula is C12H10BrF3O. The first kappa shape index (κ1) is 14.0. The number of rotatable bonds is 3. The summed E-state index contributed by atoms with van der Waals surface area (Å²) in [6, 6.07) is 3.50. The van der Waals surface area contributed by atoms with Crippen LogP contribution in [0.1, 0.15) is 29.3 Å². The second-order valence-corrected chi connectivity index (χ2v) is 4.66. The van der Waals surface area contributed by atoms with E-state index in [1.807, 2.05) is 0 Å². The molecule has 0 amide bonds. The maximum absolute atomic E-state index is 12.7. The molecule has 1 aromatic carbocycles. The standard InChI is InChI=1S/C12H10BrF3O/c1-7(2)5-11(17)9-4-3-8(13)6-10(9)12(14,15)16/h3-4,6H,1,5H2,2H3. The number of Topliss-reactive ketones (excluding diaryl/α,β-unsaturated/α-hetero) is 1. The van der Waals surface area contributed by atoms with Crippen LogP contribution in [0.4, 0.5) is 13.2 Å². The molecule has 0 unspecified atom stereocenters. The number of allylic oxidation sites excluding steroid dienone is 1. The highest BCUT2D eigenvalue weighted by molar-refractivity contribution is 9.10.